The van der Waals surface area contributed by atoms with Crippen LogP contribution in [0.15, 0.2) is 46.6 Å². The second-order valence-electron chi connectivity index (χ2n) is 5.18. The Kier molecular flexibility index (Phi) is 4.46. The van der Waals surface area contributed by atoms with Crippen LogP contribution in [0, 0.1) is 27.7 Å². The predicted octanol–water partition coefficient (Wildman–Crippen LogP) is 4.37. The summed E-state index contributed by atoms with van der Waals surface area (Å²) < 4.78 is 0. The molecular weight excluding hydrogens is 244 g/mol. The zero-order chi connectivity index (χ0) is 14.5. The second-order valence-corrected chi connectivity index (χ2v) is 5.18. The van der Waals surface area contributed by atoms with Gasteiger partial charge in [-0.15, -0.1) is 0 Å². The van der Waals surface area contributed by atoms with Crippen LogP contribution in [-0.4, -0.2) is 12.4 Å². The third-order valence-electron chi connectivity index (χ3n) is 3.51. The molecule has 0 N–H and O–H groups in total. The zero-order valence-corrected chi connectivity index (χ0v) is 12.5. The van der Waals surface area contributed by atoms with Crippen molar-refractivity contribution in [3.05, 3.63) is 69.8 Å². The maximum atomic E-state index is 4.12. The first-order chi connectivity index (χ1) is 9.56. The van der Waals surface area contributed by atoms with Gasteiger partial charge in [0.1, 0.15) is 0 Å². The molecular formula is C18H20N2. The topological polar surface area (TPSA) is 24.7 Å². The lowest BCUT2D eigenvalue weighted by atomic mass is 10.0. The van der Waals surface area contributed by atoms with E-state index >= 15 is 0 Å². The molecule has 0 radical (unpaired) electrons. The fourth-order valence-corrected chi connectivity index (χ4v) is 2.00. The van der Waals surface area contributed by atoms with E-state index < -0.39 is 0 Å². The van der Waals surface area contributed by atoms with Gasteiger partial charge in [-0.1, -0.05) is 42.0 Å². The summed E-state index contributed by atoms with van der Waals surface area (Å²) in [7, 11) is 0. The van der Waals surface area contributed by atoms with Crippen LogP contribution in [0.1, 0.15) is 33.4 Å². The van der Waals surface area contributed by atoms with Crippen LogP contribution in [-0.2, 0) is 0 Å². The van der Waals surface area contributed by atoms with Crippen LogP contribution in [0.5, 0.6) is 0 Å². The summed E-state index contributed by atoms with van der Waals surface area (Å²) in [5.41, 5.74) is 7.31. The van der Waals surface area contributed by atoms with Crippen molar-refractivity contribution in [1.82, 2.24) is 0 Å². The molecule has 0 bridgehead atoms. The molecule has 0 heterocycles. The van der Waals surface area contributed by atoms with Gasteiger partial charge in [-0.3, -0.25) is 0 Å². The van der Waals surface area contributed by atoms with E-state index in [1.165, 1.54) is 22.3 Å². The molecule has 0 aliphatic rings. The SMILES string of the molecule is Cc1ccc(C=NN=Cc2cc(C)c(C)c(C)c2)cc1. The number of hydrogen-bond donors (Lipinski definition) is 0. The van der Waals surface area contributed by atoms with Crippen molar-refractivity contribution < 1.29 is 0 Å². The van der Waals surface area contributed by atoms with Gasteiger partial charge in [0.25, 0.3) is 0 Å². The first kappa shape index (κ1) is 14.2. The number of nitrogens with zero attached hydrogens (tertiary/aromatic N) is 2. The third-order valence-corrected chi connectivity index (χ3v) is 3.51. The first-order valence-electron chi connectivity index (χ1n) is 6.77. The van der Waals surface area contributed by atoms with E-state index in [1.807, 2.05) is 12.1 Å². The molecule has 0 unspecified atom stereocenters. The lowest BCUT2D eigenvalue weighted by Crippen LogP contribution is -1.90. The van der Waals surface area contributed by atoms with E-state index in [4.69, 9.17) is 0 Å². The van der Waals surface area contributed by atoms with Gasteiger partial charge in [0.05, 0.1) is 12.4 Å². The van der Waals surface area contributed by atoms with Crippen LogP contribution in [0.2, 0.25) is 0 Å². The third kappa shape index (κ3) is 3.64. The summed E-state index contributed by atoms with van der Waals surface area (Å²) >= 11 is 0. The minimum Gasteiger partial charge on any atom is -0.159 e. The van der Waals surface area contributed by atoms with Crippen LogP contribution in [0.25, 0.3) is 0 Å². The van der Waals surface area contributed by atoms with E-state index in [-0.39, 0.29) is 0 Å². The average Bonchev–Trinajstić information content (AvgIpc) is 2.43. The van der Waals surface area contributed by atoms with Crippen LogP contribution >= 0.6 is 0 Å². The van der Waals surface area contributed by atoms with Gasteiger partial charge >= 0.3 is 0 Å². The molecule has 20 heavy (non-hydrogen) atoms. The van der Waals surface area contributed by atoms with Crippen molar-refractivity contribution in [2.24, 2.45) is 10.2 Å². The van der Waals surface area contributed by atoms with Crippen molar-refractivity contribution >= 4 is 12.4 Å². The summed E-state index contributed by atoms with van der Waals surface area (Å²) in [5, 5.41) is 8.21. The number of hydrogen-bond acceptors (Lipinski definition) is 2. The Balaban J connectivity index is 2.08. The monoisotopic (exact) mass is 264 g/mol. The maximum absolute atomic E-state index is 4.12. The Hall–Kier alpha value is -2.22. The highest BCUT2D eigenvalue weighted by molar-refractivity contribution is 5.83. The predicted molar refractivity (Wildman–Crippen MR) is 87.0 cm³/mol. The molecule has 0 spiro atoms. The molecule has 0 aliphatic heterocycles. The van der Waals surface area contributed by atoms with E-state index in [1.54, 1.807) is 12.4 Å². The van der Waals surface area contributed by atoms with Gasteiger partial charge in [-0.2, -0.15) is 10.2 Å². The van der Waals surface area contributed by atoms with Crippen LogP contribution in [0.3, 0.4) is 0 Å². The van der Waals surface area contributed by atoms with Gasteiger partial charge in [0.15, 0.2) is 0 Å². The molecule has 2 aromatic carbocycles. The molecule has 0 aromatic heterocycles. The first-order valence-corrected chi connectivity index (χ1v) is 6.77. The summed E-state index contributed by atoms with van der Waals surface area (Å²) in [6.45, 7) is 8.45. The van der Waals surface area contributed by atoms with Gasteiger partial charge in [0.2, 0.25) is 0 Å². The molecule has 0 saturated heterocycles. The van der Waals surface area contributed by atoms with Gasteiger partial charge in [0, 0.05) is 0 Å². The van der Waals surface area contributed by atoms with E-state index in [9.17, 15) is 0 Å². The Bertz CT molecular complexity index is 627. The number of benzene rings is 2. The fourth-order valence-electron chi connectivity index (χ4n) is 2.00. The molecule has 0 amide bonds. The normalized spacial score (nSPS) is 11.6. The molecule has 0 fully saturated rings. The number of aryl methyl sites for hydroxylation is 3. The highest BCUT2D eigenvalue weighted by Crippen LogP contribution is 2.14. The molecule has 2 heteroatoms. The Labute approximate surface area is 120 Å². The van der Waals surface area contributed by atoms with E-state index in [0.29, 0.717) is 0 Å². The minimum absolute atomic E-state index is 1.06. The van der Waals surface area contributed by atoms with Gasteiger partial charge in [-0.25, -0.2) is 0 Å². The van der Waals surface area contributed by atoms with Gasteiger partial charge < -0.3 is 0 Å². The minimum atomic E-state index is 1.06. The highest BCUT2D eigenvalue weighted by atomic mass is 15.2. The fraction of sp³-hybridized carbons (Fsp3) is 0.222. The van der Waals surface area contributed by atoms with E-state index in [2.05, 4.69) is 62.2 Å². The molecule has 102 valence electrons. The molecule has 0 saturated carbocycles. The summed E-state index contributed by atoms with van der Waals surface area (Å²) in [6.07, 6.45) is 3.56. The highest BCUT2D eigenvalue weighted by Gasteiger charge is 1.98. The lowest BCUT2D eigenvalue weighted by Gasteiger charge is -2.05. The van der Waals surface area contributed by atoms with E-state index in [0.717, 1.165) is 11.1 Å². The molecule has 2 aromatic rings. The zero-order valence-electron chi connectivity index (χ0n) is 12.5. The summed E-state index contributed by atoms with van der Waals surface area (Å²) in [5.74, 6) is 0. The van der Waals surface area contributed by atoms with Crippen molar-refractivity contribution in [3.63, 3.8) is 0 Å². The number of rotatable bonds is 3. The second kappa shape index (κ2) is 6.29. The molecule has 0 atom stereocenters. The molecule has 0 aliphatic carbocycles. The summed E-state index contributed by atoms with van der Waals surface area (Å²) in [4.78, 5) is 0. The smallest absolute Gasteiger partial charge is 0.0568 e. The maximum Gasteiger partial charge on any atom is 0.0568 e. The van der Waals surface area contributed by atoms with Crippen LogP contribution < -0.4 is 0 Å². The van der Waals surface area contributed by atoms with Crippen molar-refractivity contribution in [2.45, 2.75) is 27.7 Å². The Morgan fingerprint density at radius 2 is 1.20 bits per heavy atom. The largest absolute Gasteiger partial charge is 0.159 e. The van der Waals surface area contributed by atoms with Gasteiger partial charge in [-0.05, 0) is 55.5 Å². The Morgan fingerprint density at radius 3 is 1.75 bits per heavy atom. The Morgan fingerprint density at radius 1 is 0.700 bits per heavy atom. The lowest BCUT2D eigenvalue weighted by molar-refractivity contribution is 1.24. The van der Waals surface area contributed by atoms with Crippen molar-refractivity contribution in [3.8, 4) is 0 Å². The standard InChI is InChI=1S/C18H20N2/c1-13-5-7-17(8-6-13)11-19-20-12-18-9-14(2)16(4)15(3)10-18/h5-12H,1-4H3. The van der Waals surface area contributed by atoms with Crippen molar-refractivity contribution in [2.75, 3.05) is 0 Å². The van der Waals surface area contributed by atoms with Crippen LogP contribution in [0.4, 0.5) is 0 Å². The quantitative estimate of drug-likeness (QED) is 0.581. The summed E-state index contributed by atoms with van der Waals surface area (Å²) in [6, 6.07) is 12.5. The molecule has 2 nitrogen and oxygen atoms in total. The van der Waals surface area contributed by atoms with Crippen molar-refractivity contribution in [1.29, 1.82) is 0 Å². The molecule has 2 rings (SSSR count). The average molecular weight is 264 g/mol.